The number of nitrogens with two attached hydrogens (primary N) is 1. The van der Waals surface area contributed by atoms with Crippen LogP contribution in [0.3, 0.4) is 0 Å². The Morgan fingerprint density at radius 2 is 2.15 bits per heavy atom. The molecular weight excluding hydrogens is 254 g/mol. The number of nitrogen functional groups attached to an aromatic ring is 1. The minimum Gasteiger partial charge on any atom is -0.497 e. The second kappa shape index (κ2) is 5.13. The first-order chi connectivity index (χ1) is 9.74. The first kappa shape index (κ1) is 12.3. The summed E-state index contributed by atoms with van der Waals surface area (Å²) in [7, 11) is 1.65. The minimum atomic E-state index is 0.480. The van der Waals surface area contributed by atoms with E-state index in [4.69, 9.17) is 14.9 Å². The molecule has 3 rings (SSSR count). The maximum Gasteiger partial charge on any atom is 0.295 e. The standard InChI is InChI=1S/C15H15N3O2/c1-19-12-4-2-3-10(7-12)9-17-15-18-13-6-5-11(16)8-14(13)20-15/h2-8H,9,16H2,1H3,(H,17,18). The van der Waals surface area contributed by atoms with E-state index < -0.39 is 0 Å². The number of hydrogen-bond acceptors (Lipinski definition) is 5. The fraction of sp³-hybridized carbons (Fsp3) is 0.133. The topological polar surface area (TPSA) is 73.3 Å². The van der Waals surface area contributed by atoms with E-state index in [1.54, 1.807) is 19.2 Å². The molecule has 0 bridgehead atoms. The lowest BCUT2D eigenvalue weighted by Crippen LogP contribution is -1.99. The highest BCUT2D eigenvalue weighted by atomic mass is 16.5. The number of nitrogens with zero attached hydrogens (tertiary/aromatic N) is 1. The van der Waals surface area contributed by atoms with Crippen LogP contribution in [0.15, 0.2) is 46.9 Å². The molecule has 0 aliphatic heterocycles. The summed E-state index contributed by atoms with van der Waals surface area (Å²) in [5.74, 6) is 0.828. The number of ether oxygens (including phenoxy) is 1. The molecule has 0 radical (unpaired) electrons. The average Bonchev–Trinajstić information content (AvgIpc) is 2.87. The fourth-order valence-corrected chi connectivity index (χ4v) is 1.98. The summed E-state index contributed by atoms with van der Waals surface area (Å²) in [6.45, 7) is 0.611. The van der Waals surface area contributed by atoms with Crippen molar-refractivity contribution >= 4 is 22.8 Å². The highest BCUT2D eigenvalue weighted by Gasteiger charge is 2.05. The van der Waals surface area contributed by atoms with Crippen molar-refractivity contribution in [2.75, 3.05) is 18.2 Å². The number of hydrogen-bond donors (Lipinski definition) is 2. The molecule has 20 heavy (non-hydrogen) atoms. The first-order valence-corrected chi connectivity index (χ1v) is 6.27. The molecule has 1 heterocycles. The molecule has 0 amide bonds. The zero-order valence-corrected chi connectivity index (χ0v) is 11.1. The zero-order valence-electron chi connectivity index (χ0n) is 11.1. The number of benzene rings is 2. The van der Waals surface area contributed by atoms with Crippen molar-refractivity contribution in [3.05, 3.63) is 48.0 Å². The van der Waals surface area contributed by atoms with Gasteiger partial charge in [0.15, 0.2) is 5.58 Å². The Kier molecular flexibility index (Phi) is 3.16. The van der Waals surface area contributed by atoms with Crippen molar-refractivity contribution in [2.45, 2.75) is 6.54 Å². The Labute approximate surface area is 116 Å². The molecule has 1 aromatic heterocycles. The molecule has 3 N–H and O–H groups in total. The minimum absolute atomic E-state index is 0.480. The molecular formula is C15H15N3O2. The lowest BCUT2D eigenvalue weighted by Gasteiger charge is -2.04. The van der Waals surface area contributed by atoms with Gasteiger partial charge in [0, 0.05) is 18.3 Å². The molecule has 5 nitrogen and oxygen atoms in total. The van der Waals surface area contributed by atoms with Crippen molar-refractivity contribution in [1.29, 1.82) is 0 Å². The summed E-state index contributed by atoms with van der Waals surface area (Å²) in [5.41, 5.74) is 8.92. The van der Waals surface area contributed by atoms with Gasteiger partial charge in [-0.2, -0.15) is 4.98 Å². The number of anilines is 2. The smallest absolute Gasteiger partial charge is 0.295 e. The van der Waals surface area contributed by atoms with E-state index in [0.29, 0.717) is 23.8 Å². The molecule has 0 saturated heterocycles. The Balaban J connectivity index is 1.76. The van der Waals surface area contributed by atoms with E-state index in [2.05, 4.69) is 10.3 Å². The first-order valence-electron chi connectivity index (χ1n) is 6.27. The van der Waals surface area contributed by atoms with Gasteiger partial charge in [-0.15, -0.1) is 0 Å². The highest BCUT2D eigenvalue weighted by Crippen LogP contribution is 2.21. The van der Waals surface area contributed by atoms with Crippen molar-refractivity contribution in [1.82, 2.24) is 4.98 Å². The molecule has 102 valence electrons. The van der Waals surface area contributed by atoms with Gasteiger partial charge in [-0.25, -0.2) is 0 Å². The van der Waals surface area contributed by atoms with Crippen LogP contribution < -0.4 is 15.8 Å². The summed E-state index contributed by atoms with van der Waals surface area (Å²) in [4.78, 5) is 4.35. The van der Waals surface area contributed by atoms with E-state index in [1.807, 2.05) is 30.3 Å². The summed E-state index contributed by atoms with van der Waals surface area (Å²) in [5, 5.41) is 3.15. The number of methoxy groups -OCH3 is 1. The van der Waals surface area contributed by atoms with Gasteiger partial charge in [0.25, 0.3) is 6.01 Å². The van der Waals surface area contributed by atoms with Gasteiger partial charge < -0.3 is 20.2 Å². The van der Waals surface area contributed by atoms with Crippen LogP contribution in [0.2, 0.25) is 0 Å². The van der Waals surface area contributed by atoms with Crippen LogP contribution >= 0.6 is 0 Å². The van der Waals surface area contributed by atoms with E-state index in [9.17, 15) is 0 Å². The normalized spacial score (nSPS) is 10.7. The molecule has 0 unspecified atom stereocenters. The number of oxazole rings is 1. The molecule has 0 fully saturated rings. The van der Waals surface area contributed by atoms with E-state index >= 15 is 0 Å². The van der Waals surface area contributed by atoms with E-state index in [-0.39, 0.29) is 0 Å². The van der Waals surface area contributed by atoms with Crippen molar-refractivity contribution < 1.29 is 9.15 Å². The monoisotopic (exact) mass is 269 g/mol. The van der Waals surface area contributed by atoms with Crippen LogP contribution in [0.5, 0.6) is 5.75 Å². The Hall–Kier alpha value is -2.69. The summed E-state index contributed by atoms with van der Waals surface area (Å²) in [6, 6.07) is 13.7. The molecule has 2 aromatic carbocycles. The summed E-state index contributed by atoms with van der Waals surface area (Å²) < 4.78 is 10.8. The number of rotatable bonds is 4. The third-order valence-corrected chi connectivity index (χ3v) is 2.99. The van der Waals surface area contributed by atoms with Crippen molar-refractivity contribution in [3.8, 4) is 5.75 Å². The second-order valence-electron chi connectivity index (χ2n) is 4.45. The SMILES string of the molecule is COc1cccc(CNc2nc3ccc(N)cc3o2)c1. The van der Waals surface area contributed by atoms with Crippen LogP contribution in [0.4, 0.5) is 11.7 Å². The van der Waals surface area contributed by atoms with Crippen molar-refractivity contribution in [2.24, 2.45) is 0 Å². The molecule has 0 aliphatic carbocycles. The molecule has 0 saturated carbocycles. The lowest BCUT2D eigenvalue weighted by atomic mass is 10.2. The number of fused-ring (bicyclic) bond motifs is 1. The van der Waals surface area contributed by atoms with Crippen LogP contribution in [-0.4, -0.2) is 12.1 Å². The molecule has 5 heteroatoms. The van der Waals surface area contributed by atoms with Gasteiger partial charge in [0.05, 0.1) is 7.11 Å². The summed E-state index contributed by atoms with van der Waals surface area (Å²) in [6.07, 6.45) is 0. The second-order valence-corrected chi connectivity index (χ2v) is 4.45. The van der Waals surface area contributed by atoms with Gasteiger partial charge in [-0.1, -0.05) is 12.1 Å². The summed E-state index contributed by atoms with van der Waals surface area (Å²) >= 11 is 0. The largest absolute Gasteiger partial charge is 0.497 e. The Bertz CT molecular complexity index is 737. The van der Waals surface area contributed by atoms with Crippen LogP contribution in [0.1, 0.15) is 5.56 Å². The Morgan fingerprint density at radius 1 is 1.25 bits per heavy atom. The maximum atomic E-state index is 5.71. The third-order valence-electron chi connectivity index (χ3n) is 2.99. The van der Waals surface area contributed by atoms with Gasteiger partial charge in [-0.05, 0) is 29.8 Å². The predicted octanol–water partition coefficient (Wildman–Crippen LogP) is 3.03. The molecule has 3 aromatic rings. The zero-order chi connectivity index (χ0) is 13.9. The van der Waals surface area contributed by atoms with Gasteiger partial charge >= 0.3 is 0 Å². The van der Waals surface area contributed by atoms with Crippen molar-refractivity contribution in [3.63, 3.8) is 0 Å². The van der Waals surface area contributed by atoms with Crippen LogP contribution in [0, 0.1) is 0 Å². The number of aromatic nitrogens is 1. The van der Waals surface area contributed by atoms with E-state index in [0.717, 1.165) is 16.8 Å². The predicted molar refractivity (Wildman–Crippen MR) is 78.7 cm³/mol. The highest BCUT2D eigenvalue weighted by molar-refractivity contribution is 5.78. The maximum absolute atomic E-state index is 5.71. The number of nitrogens with one attached hydrogen (secondary N) is 1. The van der Waals surface area contributed by atoms with Gasteiger partial charge in [0.1, 0.15) is 11.3 Å². The average molecular weight is 269 g/mol. The third kappa shape index (κ3) is 2.51. The lowest BCUT2D eigenvalue weighted by molar-refractivity contribution is 0.414. The molecule has 0 spiro atoms. The Morgan fingerprint density at radius 3 is 3.00 bits per heavy atom. The fourth-order valence-electron chi connectivity index (χ4n) is 1.98. The van der Waals surface area contributed by atoms with Crippen LogP contribution in [0.25, 0.3) is 11.1 Å². The van der Waals surface area contributed by atoms with Gasteiger partial charge in [0.2, 0.25) is 0 Å². The van der Waals surface area contributed by atoms with E-state index in [1.165, 1.54) is 0 Å². The molecule has 0 aliphatic rings. The van der Waals surface area contributed by atoms with Gasteiger partial charge in [-0.3, -0.25) is 0 Å². The molecule has 0 atom stereocenters. The van der Waals surface area contributed by atoms with Crippen LogP contribution in [-0.2, 0) is 6.54 Å². The quantitative estimate of drug-likeness (QED) is 0.712.